The van der Waals surface area contributed by atoms with Gasteiger partial charge in [-0.15, -0.1) is 13.2 Å². The highest BCUT2D eigenvalue weighted by atomic mass is 19.4. The number of benzene rings is 2. The van der Waals surface area contributed by atoms with Crippen LogP contribution in [0.5, 0.6) is 5.75 Å². The fraction of sp³-hybridized carbons (Fsp3) is 0.333. The third-order valence-electron chi connectivity index (χ3n) is 4.60. The van der Waals surface area contributed by atoms with Gasteiger partial charge in [0, 0.05) is 25.2 Å². The van der Waals surface area contributed by atoms with E-state index in [1.165, 1.54) is 29.2 Å². The molecule has 0 unspecified atom stereocenters. The van der Waals surface area contributed by atoms with Crippen LogP contribution in [0, 0.1) is 19.8 Å². The van der Waals surface area contributed by atoms with E-state index in [4.69, 9.17) is 0 Å². The van der Waals surface area contributed by atoms with Crippen LogP contribution in [0.2, 0.25) is 0 Å². The van der Waals surface area contributed by atoms with Crippen LogP contribution in [0.1, 0.15) is 23.1 Å². The monoisotopic (exact) mass is 406 g/mol. The molecule has 3 rings (SSSR count). The summed E-state index contributed by atoms with van der Waals surface area (Å²) in [5.74, 6) is -1.18. The predicted molar refractivity (Wildman–Crippen MR) is 101 cm³/mol. The molecule has 154 valence electrons. The Balaban J connectivity index is 1.59. The molecule has 2 amide bonds. The molecule has 1 saturated heterocycles. The molecule has 1 N–H and O–H groups in total. The van der Waals surface area contributed by atoms with Crippen molar-refractivity contribution in [2.75, 3.05) is 11.9 Å². The van der Waals surface area contributed by atoms with Crippen LogP contribution in [0.3, 0.4) is 0 Å². The van der Waals surface area contributed by atoms with Crippen molar-refractivity contribution in [2.24, 2.45) is 5.92 Å². The molecule has 1 heterocycles. The maximum Gasteiger partial charge on any atom is 0.573 e. The van der Waals surface area contributed by atoms with Crippen LogP contribution in [0.15, 0.2) is 42.5 Å². The van der Waals surface area contributed by atoms with Crippen molar-refractivity contribution in [3.63, 3.8) is 0 Å². The first-order chi connectivity index (χ1) is 13.6. The summed E-state index contributed by atoms with van der Waals surface area (Å²) in [7, 11) is 0. The lowest BCUT2D eigenvalue weighted by Crippen LogP contribution is -2.28. The number of carbonyl (C=O) groups is 2. The summed E-state index contributed by atoms with van der Waals surface area (Å²) in [5.41, 5.74) is 3.41. The van der Waals surface area contributed by atoms with Gasteiger partial charge >= 0.3 is 6.36 Å². The van der Waals surface area contributed by atoms with Crippen LogP contribution in [0.25, 0.3) is 0 Å². The first kappa shape index (κ1) is 20.7. The number of rotatable bonds is 5. The van der Waals surface area contributed by atoms with E-state index in [1.807, 2.05) is 32.0 Å². The smallest absolute Gasteiger partial charge is 0.406 e. The Kier molecular flexibility index (Phi) is 5.81. The highest BCUT2D eigenvalue weighted by Gasteiger charge is 2.34. The number of anilines is 1. The van der Waals surface area contributed by atoms with Crippen molar-refractivity contribution in [1.29, 1.82) is 0 Å². The second-order valence-electron chi connectivity index (χ2n) is 7.23. The first-order valence-electron chi connectivity index (χ1n) is 9.11. The lowest BCUT2D eigenvalue weighted by molar-refractivity contribution is -0.274. The van der Waals surface area contributed by atoms with Gasteiger partial charge < -0.3 is 15.0 Å². The molecule has 5 nitrogen and oxygen atoms in total. The number of likely N-dealkylation sites (tertiary alicyclic amines) is 1. The predicted octanol–water partition coefficient (Wildman–Crippen LogP) is 4.19. The molecule has 2 aromatic carbocycles. The molecule has 29 heavy (non-hydrogen) atoms. The minimum absolute atomic E-state index is 0.103. The van der Waals surface area contributed by atoms with E-state index in [0.29, 0.717) is 11.3 Å². The Morgan fingerprint density at radius 1 is 1.14 bits per heavy atom. The molecule has 8 heteroatoms. The summed E-state index contributed by atoms with van der Waals surface area (Å²) < 4.78 is 40.5. The summed E-state index contributed by atoms with van der Waals surface area (Å²) >= 11 is 0. The Labute approximate surface area is 166 Å². The zero-order valence-electron chi connectivity index (χ0n) is 16.0. The van der Waals surface area contributed by atoms with E-state index in [2.05, 4.69) is 10.1 Å². The zero-order valence-corrected chi connectivity index (χ0v) is 16.0. The molecular weight excluding hydrogens is 385 g/mol. The summed E-state index contributed by atoms with van der Waals surface area (Å²) in [6.45, 7) is 4.36. The van der Waals surface area contributed by atoms with E-state index in [9.17, 15) is 22.8 Å². The van der Waals surface area contributed by atoms with Crippen molar-refractivity contribution < 1.29 is 27.5 Å². The number of halogens is 3. The fourth-order valence-electron chi connectivity index (χ4n) is 3.41. The third kappa shape index (κ3) is 5.73. The number of nitrogens with one attached hydrogen (secondary N) is 1. The van der Waals surface area contributed by atoms with Gasteiger partial charge in [0.2, 0.25) is 11.8 Å². The highest BCUT2D eigenvalue weighted by Crippen LogP contribution is 2.25. The molecule has 1 aliphatic heterocycles. The summed E-state index contributed by atoms with van der Waals surface area (Å²) in [5, 5.41) is 2.86. The standard InChI is InChI=1S/C21H21F3N2O3/c1-13-7-14(2)9-17(8-13)25-20(28)16-10-19(27)26(12-16)11-15-3-5-18(6-4-15)29-21(22,23)24/h3-9,16H,10-12H2,1-2H3,(H,25,28)/t16-/m0/s1. The van der Waals surface area contributed by atoms with Gasteiger partial charge in [0.1, 0.15) is 5.75 Å². The molecule has 0 radical (unpaired) electrons. The lowest BCUT2D eigenvalue weighted by atomic mass is 10.1. The van der Waals surface area contributed by atoms with E-state index >= 15 is 0 Å². The van der Waals surface area contributed by atoms with Gasteiger partial charge in [-0.25, -0.2) is 0 Å². The summed E-state index contributed by atoms with van der Waals surface area (Å²) in [6, 6.07) is 11.1. The molecule has 1 atom stereocenters. The number of alkyl halides is 3. The highest BCUT2D eigenvalue weighted by molar-refractivity contribution is 5.97. The van der Waals surface area contributed by atoms with Gasteiger partial charge in [-0.05, 0) is 54.8 Å². The average Bonchev–Trinajstić information content (AvgIpc) is 2.95. The van der Waals surface area contributed by atoms with Gasteiger partial charge in [-0.3, -0.25) is 9.59 Å². The maximum atomic E-state index is 12.5. The molecular formula is C21H21F3N2O3. The van der Waals surface area contributed by atoms with Crippen LogP contribution in [0.4, 0.5) is 18.9 Å². The Bertz CT molecular complexity index is 890. The van der Waals surface area contributed by atoms with E-state index in [1.54, 1.807) is 0 Å². The molecule has 0 bridgehead atoms. The van der Waals surface area contributed by atoms with Crippen LogP contribution in [-0.2, 0) is 16.1 Å². The van der Waals surface area contributed by atoms with Crippen molar-refractivity contribution in [3.8, 4) is 5.75 Å². The quantitative estimate of drug-likeness (QED) is 0.810. The molecule has 0 saturated carbocycles. The van der Waals surface area contributed by atoms with E-state index in [-0.39, 0.29) is 37.1 Å². The second kappa shape index (κ2) is 8.14. The van der Waals surface area contributed by atoms with Crippen LogP contribution < -0.4 is 10.1 Å². The number of carbonyl (C=O) groups excluding carboxylic acids is 2. The molecule has 0 spiro atoms. The van der Waals surface area contributed by atoms with Gasteiger partial charge in [0.05, 0.1) is 5.92 Å². The number of aryl methyl sites for hydroxylation is 2. The molecule has 2 aromatic rings. The fourth-order valence-corrected chi connectivity index (χ4v) is 3.41. The van der Waals surface area contributed by atoms with Crippen molar-refractivity contribution in [3.05, 3.63) is 59.2 Å². The van der Waals surface area contributed by atoms with Gasteiger partial charge in [-0.2, -0.15) is 0 Å². The molecule has 1 aliphatic rings. The number of hydrogen-bond acceptors (Lipinski definition) is 3. The van der Waals surface area contributed by atoms with E-state index in [0.717, 1.165) is 11.1 Å². The van der Waals surface area contributed by atoms with Crippen molar-refractivity contribution in [1.82, 2.24) is 4.90 Å². The Hall–Kier alpha value is -3.03. The average molecular weight is 406 g/mol. The van der Waals surface area contributed by atoms with Crippen molar-refractivity contribution >= 4 is 17.5 Å². The molecule has 0 aromatic heterocycles. The minimum atomic E-state index is -4.75. The van der Waals surface area contributed by atoms with Crippen LogP contribution >= 0.6 is 0 Å². The largest absolute Gasteiger partial charge is 0.573 e. The second-order valence-corrected chi connectivity index (χ2v) is 7.23. The summed E-state index contributed by atoms with van der Waals surface area (Å²) in [4.78, 5) is 26.4. The number of amides is 2. The number of hydrogen-bond donors (Lipinski definition) is 1. The lowest BCUT2D eigenvalue weighted by Gasteiger charge is -2.17. The zero-order chi connectivity index (χ0) is 21.2. The van der Waals surface area contributed by atoms with Crippen molar-refractivity contribution in [2.45, 2.75) is 33.2 Å². The van der Waals surface area contributed by atoms with Gasteiger partial charge in [0.25, 0.3) is 0 Å². The Morgan fingerprint density at radius 2 is 1.76 bits per heavy atom. The van der Waals surface area contributed by atoms with Crippen LogP contribution in [-0.4, -0.2) is 29.6 Å². The SMILES string of the molecule is Cc1cc(C)cc(NC(=O)[C@H]2CC(=O)N(Cc3ccc(OC(F)(F)F)cc3)C2)c1. The molecule has 1 fully saturated rings. The molecule has 0 aliphatic carbocycles. The number of ether oxygens (including phenoxy) is 1. The Morgan fingerprint density at radius 3 is 2.34 bits per heavy atom. The first-order valence-corrected chi connectivity index (χ1v) is 9.11. The normalized spacial score (nSPS) is 16.8. The topological polar surface area (TPSA) is 58.6 Å². The van der Waals surface area contributed by atoms with E-state index < -0.39 is 12.3 Å². The number of nitrogens with zero attached hydrogens (tertiary/aromatic N) is 1. The van der Waals surface area contributed by atoms with Gasteiger partial charge in [0.15, 0.2) is 0 Å². The minimum Gasteiger partial charge on any atom is -0.406 e. The summed E-state index contributed by atoms with van der Waals surface area (Å²) in [6.07, 6.45) is -4.64. The third-order valence-corrected chi connectivity index (χ3v) is 4.60. The van der Waals surface area contributed by atoms with Gasteiger partial charge in [-0.1, -0.05) is 18.2 Å². The maximum absolute atomic E-state index is 12.5.